The Kier molecular flexibility index (Phi) is 5.42. The van der Waals surface area contributed by atoms with E-state index in [2.05, 4.69) is 16.6 Å². The fraction of sp³-hybridized carbons (Fsp3) is 0.556. The van der Waals surface area contributed by atoms with Crippen molar-refractivity contribution in [1.29, 1.82) is 0 Å². The van der Waals surface area contributed by atoms with E-state index in [1.165, 1.54) is 0 Å². The molecule has 136 valence electrons. The third-order valence-electron chi connectivity index (χ3n) is 4.78. The number of fused-ring (bicyclic) bond motifs is 1. The fourth-order valence-corrected chi connectivity index (χ4v) is 4.66. The van der Waals surface area contributed by atoms with Gasteiger partial charge in [0.15, 0.2) is 5.84 Å². The molecule has 1 aromatic rings. The van der Waals surface area contributed by atoms with E-state index >= 15 is 0 Å². The standard InChI is InChI=1S/C18H25N3O3S/c1-2-3-6-11-19-18(22)14-8-7-12-21(13-14)17-15-9-4-5-10-16(15)25(23,24)20-17/h4-5,9-10,14H,2-3,6-8,11-13H2,1H3,(H,19,22). The van der Waals surface area contributed by atoms with Crippen LogP contribution in [-0.2, 0) is 14.8 Å². The number of carbonyl (C=O) groups is 1. The molecule has 1 N–H and O–H groups in total. The normalized spacial score (nSPS) is 21.6. The van der Waals surface area contributed by atoms with Crippen molar-refractivity contribution in [3.63, 3.8) is 0 Å². The summed E-state index contributed by atoms with van der Waals surface area (Å²) in [7, 11) is -3.62. The molecule has 0 saturated carbocycles. The van der Waals surface area contributed by atoms with E-state index in [1.54, 1.807) is 18.2 Å². The lowest BCUT2D eigenvalue weighted by atomic mass is 9.96. The molecule has 25 heavy (non-hydrogen) atoms. The number of amides is 1. The van der Waals surface area contributed by atoms with E-state index in [0.717, 1.165) is 38.6 Å². The van der Waals surface area contributed by atoms with Crippen LogP contribution in [0.3, 0.4) is 0 Å². The number of hydrogen-bond donors (Lipinski definition) is 1. The van der Waals surface area contributed by atoms with Gasteiger partial charge in [0.1, 0.15) is 4.90 Å². The van der Waals surface area contributed by atoms with Crippen LogP contribution >= 0.6 is 0 Å². The van der Waals surface area contributed by atoms with Gasteiger partial charge < -0.3 is 10.2 Å². The molecule has 0 spiro atoms. The van der Waals surface area contributed by atoms with Crippen LogP contribution in [0.4, 0.5) is 0 Å². The lowest BCUT2D eigenvalue weighted by Crippen LogP contribution is -2.45. The Bertz CT molecular complexity index is 774. The first-order chi connectivity index (χ1) is 12.0. The Labute approximate surface area is 149 Å². The Morgan fingerprint density at radius 3 is 2.92 bits per heavy atom. The van der Waals surface area contributed by atoms with Gasteiger partial charge >= 0.3 is 0 Å². The maximum atomic E-state index is 12.4. The molecule has 1 amide bonds. The number of sulfonamides is 1. The monoisotopic (exact) mass is 363 g/mol. The van der Waals surface area contributed by atoms with Crippen LogP contribution in [0, 0.1) is 5.92 Å². The van der Waals surface area contributed by atoms with E-state index < -0.39 is 10.0 Å². The lowest BCUT2D eigenvalue weighted by molar-refractivity contribution is -0.126. The second-order valence-corrected chi connectivity index (χ2v) is 8.24. The first kappa shape index (κ1) is 17.9. The molecule has 0 bridgehead atoms. The van der Waals surface area contributed by atoms with E-state index in [9.17, 15) is 13.2 Å². The Morgan fingerprint density at radius 2 is 2.12 bits per heavy atom. The number of benzene rings is 1. The molecular weight excluding hydrogens is 338 g/mol. The number of unbranched alkanes of at least 4 members (excludes halogenated alkanes) is 2. The molecule has 0 radical (unpaired) electrons. The van der Waals surface area contributed by atoms with E-state index in [0.29, 0.717) is 24.5 Å². The van der Waals surface area contributed by atoms with Gasteiger partial charge in [0.2, 0.25) is 5.91 Å². The van der Waals surface area contributed by atoms with Crippen molar-refractivity contribution in [2.45, 2.75) is 43.9 Å². The number of piperidine rings is 1. The molecule has 1 aromatic carbocycles. The van der Waals surface area contributed by atoms with Crippen molar-refractivity contribution in [3.8, 4) is 0 Å². The molecule has 6 nitrogen and oxygen atoms in total. The average molecular weight is 363 g/mol. The van der Waals surface area contributed by atoms with Crippen molar-refractivity contribution < 1.29 is 13.2 Å². The maximum Gasteiger partial charge on any atom is 0.285 e. The van der Waals surface area contributed by atoms with Gasteiger partial charge in [-0.15, -0.1) is 4.40 Å². The van der Waals surface area contributed by atoms with Gasteiger partial charge in [-0.1, -0.05) is 31.9 Å². The van der Waals surface area contributed by atoms with Gasteiger partial charge in [-0.2, -0.15) is 8.42 Å². The summed E-state index contributed by atoms with van der Waals surface area (Å²) in [5.41, 5.74) is 0.645. The van der Waals surface area contributed by atoms with Crippen molar-refractivity contribution in [1.82, 2.24) is 10.2 Å². The topological polar surface area (TPSA) is 78.8 Å². The number of nitrogens with zero attached hydrogens (tertiary/aromatic N) is 2. The second-order valence-electron chi connectivity index (χ2n) is 6.67. The zero-order chi connectivity index (χ0) is 17.9. The number of likely N-dealkylation sites (tertiary alicyclic amines) is 1. The van der Waals surface area contributed by atoms with Gasteiger partial charge in [-0.05, 0) is 31.4 Å². The van der Waals surface area contributed by atoms with Gasteiger partial charge in [-0.25, -0.2) is 0 Å². The van der Waals surface area contributed by atoms with E-state index in [4.69, 9.17) is 0 Å². The zero-order valence-corrected chi connectivity index (χ0v) is 15.4. The van der Waals surface area contributed by atoms with Crippen LogP contribution in [-0.4, -0.2) is 44.7 Å². The SMILES string of the molecule is CCCCCNC(=O)C1CCCN(C2=NS(=O)(=O)c3ccccc32)C1. The molecule has 2 aliphatic heterocycles. The minimum absolute atomic E-state index is 0.0653. The summed E-state index contributed by atoms with van der Waals surface area (Å²) in [6, 6.07) is 6.89. The first-order valence-corrected chi connectivity index (χ1v) is 10.4. The smallest absolute Gasteiger partial charge is 0.285 e. The minimum atomic E-state index is -3.62. The summed E-state index contributed by atoms with van der Waals surface area (Å²) >= 11 is 0. The number of hydrogen-bond acceptors (Lipinski definition) is 4. The van der Waals surface area contributed by atoms with Gasteiger partial charge in [0.25, 0.3) is 10.0 Å². The zero-order valence-electron chi connectivity index (χ0n) is 14.6. The quantitative estimate of drug-likeness (QED) is 0.813. The molecule has 1 atom stereocenters. The molecule has 2 aliphatic rings. The van der Waals surface area contributed by atoms with Crippen LogP contribution in [0.1, 0.15) is 44.6 Å². The molecule has 1 saturated heterocycles. The van der Waals surface area contributed by atoms with Crippen molar-refractivity contribution in [2.24, 2.45) is 10.3 Å². The second kappa shape index (κ2) is 7.56. The molecular formula is C18H25N3O3S. The Morgan fingerprint density at radius 1 is 1.32 bits per heavy atom. The summed E-state index contributed by atoms with van der Waals surface area (Å²) in [5.74, 6) is 0.433. The summed E-state index contributed by atoms with van der Waals surface area (Å²) < 4.78 is 28.4. The number of carbonyl (C=O) groups excluding carboxylic acids is 1. The van der Waals surface area contributed by atoms with Crippen molar-refractivity contribution >= 4 is 21.8 Å². The number of nitrogens with one attached hydrogen (secondary N) is 1. The van der Waals surface area contributed by atoms with Crippen molar-refractivity contribution in [2.75, 3.05) is 19.6 Å². The predicted octanol–water partition coefficient (Wildman–Crippen LogP) is 2.15. The molecule has 1 unspecified atom stereocenters. The highest BCUT2D eigenvalue weighted by molar-refractivity contribution is 7.90. The molecule has 7 heteroatoms. The molecule has 1 fully saturated rings. The first-order valence-electron chi connectivity index (χ1n) is 9.00. The predicted molar refractivity (Wildman–Crippen MR) is 97.0 cm³/mol. The van der Waals surface area contributed by atoms with Gasteiger partial charge in [-0.3, -0.25) is 4.79 Å². The molecule has 2 heterocycles. The highest BCUT2D eigenvalue weighted by Gasteiger charge is 2.35. The van der Waals surface area contributed by atoms with Crippen LogP contribution in [0.25, 0.3) is 0 Å². The highest BCUT2D eigenvalue weighted by Crippen LogP contribution is 2.29. The van der Waals surface area contributed by atoms with E-state index in [-0.39, 0.29) is 16.7 Å². The Balaban J connectivity index is 1.69. The van der Waals surface area contributed by atoms with Crippen LogP contribution < -0.4 is 5.32 Å². The third-order valence-corrected chi connectivity index (χ3v) is 6.11. The lowest BCUT2D eigenvalue weighted by Gasteiger charge is -2.33. The number of amidine groups is 1. The maximum absolute atomic E-state index is 12.4. The van der Waals surface area contributed by atoms with Crippen LogP contribution in [0.15, 0.2) is 33.6 Å². The summed E-state index contributed by atoms with van der Waals surface area (Å²) in [5, 5.41) is 3.01. The van der Waals surface area contributed by atoms with Crippen molar-refractivity contribution in [3.05, 3.63) is 29.8 Å². The average Bonchev–Trinajstić information content (AvgIpc) is 2.90. The van der Waals surface area contributed by atoms with Crippen LogP contribution in [0.5, 0.6) is 0 Å². The molecule has 3 rings (SSSR count). The highest BCUT2D eigenvalue weighted by atomic mass is 32.2. The summed E-state index contributed by atoms with van der Waals surface area (Å²) in [6.07, 6.45) is 4.92. The molecule has 0 aliphatic carbocycles. The number of rotatable bonds is 5. The third kappa shape index (κ3) is 3.86. The minimum Gasteiger partial charge on any atom is -0.356 e. The Hall–Kier alpha value is -1.89. The largest absolute Gasteiger partial charge is 0.356 e. The molecule has 0 aromatic heterocycles. The van der Waals surface area contributed by atoms with Gasteiger partial charge in [0, 0.05) is 25.2 Å². The summed E-state index contributed by atoms with van der Waals surface area (Å²) in [4.78, 5) is 14.6. The fourth-order valence-electron chi connectivity index (χ4n) is 3.43. The van der Waals surface area contributed by atoms with Gasteiger partial charge in [0.05, 0.1) is 5.92 Å². The van der Waals surface area contributed by atoms with E-state index in [1.807, 2.05) is 11.0 Å². The summed E-state index contributed by atoms with van der Waals surface area (Å²) in [6.45, 7) is 4.08. The van der Waals surface area contributed by atoms with Crippen LogP contribution in [0.2, 0.25) is 0 Å².